The second kappa shape index (κ2) is 9.60. The van der Waals surface area contributed by atoms with Crippen molar-refractivity contribution in [3.8, 4) is 5.75 Å². The standard InChI is InChI=1S/C22H16BrCl2N3O3/c23-15-5-7-19(18(25)11-15)30-13-16-6-8-20(31-16)22(29)26-21-9-10-28(27-21)12-14-3-1-2-4-17(14)24/h1-11H,12-13H2,(H,26,27,29). The third kappa shape index (κ3) is 5.50. The molecule has 4 rings (SSSR count). The molecule has 2 aromatic heterocycles. The fourth-order valence-corrected chi connectivity index (χ4v) is 3.74. The molecule has 0 fully saturated rings. The van der Waals surface area contributed by atoms with Gasteiger partial charge in [-0.1, -0.05) is 57.3 Å². The van der Waals surface area contributed by atoms with Gasteiger partial charge in [0.25, 0.3) is 5.91 Å². The number of benzene rings is 2. The summed E-state index contributed by atoms with van der Waals surface area (Å²) in [4.78, 5) is 12.5. The van der Waals surface area contributed by atoms with Crippen LogP contribution in [0.2, 0.25) is 10.0 Å². The Morgan fingerprint density at radius 1 is 1.10 bits per heavy atom. The molecular formula is C22H16BrCl2N3O3. The monoisotopic (exact) mass is 519 g/mol. The van der Waals surface area contributed by atoms with Gasteiger partial charge in [-0.15, -0.1) is 0 Å². The molecule has 2 heterocycles. The van der Waals surface area contributed by atoms with Crippen molar-refractivity contribution < 1.29 is 13.9 Å². The number of halogens is 3. The summed E-state index contributed by atoms with van der Waals surface area (Å²) in [5, 5.41) is 8.21. The number of ether oxygens (including phenoxy) is 1. The number of hydrogen-bond donors (Lipinski definition) is 1. The number of carbonyl (C=O) groups excluding carboxylic acids is 1. The molecule has 0 bridgehead atoms. The van der Waals surface area contributed by atoms with Gasteiger partial charge in [0.1, 0.15) is 18.1 Å². The van der Waals surface area contributed by atoms with Crippen LogP contribution in [0.25, 0.3) is 0 Å². The molecule has 1 N–H and O–H groups in total. The van der Waals surface area contributed by atoms with E-state index in [0.717, 1.165) is 10.0 Å². The maximum Gasteiger partial charge on any atom is 0.292 e. The van der Waals surface area contributed by atoms with Crippen molar-refractivity contribution in [2.24, 2.45) is 0 Å². The lowest BCUT2D eigenvalue weighted by Gasteiger charge is -2.06. The average molecular weight is 521 g/mol. The Morgan fingerprint density at radius 3 is 2.74 bits per heavy atom. The van der Waals surface area contributed by atoms with Gasteiger partial charge in [-0.05, 0) is 42.0 Å². The number of nitrogens with one attached hydrogen (secondary N) is 1. The number of hydrogen-bond acceptors (Lipinski definition) is 4. The van der Waals surface area contributed by atoms with Crippen LogP contribution in [-0.2, 0) is 13.2 Å². The zero-order valence-electron chi connectivity index (χ0n) is 16.0. The first-order valence-electron chi connectivity index (χ1n) is 9.23. The molecule has 158 valence electrons. The summed E-state index contributed by atoms with van der Waals surface area (Å²) in [6, 6.07) is 17.8. The highest BCUT2D eigenvalue weighted by molar-refractivity contribution is 9.10. The first-order chi connectivity index (χ1) is 15.0. The fraction of sp³-hybridized carbons (Fsp3) is 0.0909. The van der Waals surface area contributed by atoms with Gasteiger partial charge in [-0.25, -0.2) is 0 Å². The third-order valence-electron chi connectivity index (χ3n) is 4.32. The van der Waals surface area contributed by atoms with E-state index in [0.29, 0.717) is 33.9 Å². The van der Waals surface area contributed by atoms with Gasteiger partial charge in [0.05, 0.1) is 11.6 Å². The summed E-state index contributed by atoms with van der Waals surface area (Å²) in [5.74, 6) is 1.18. The van der Waals surface area contributed by atoms with Crippen LogP contribution in [0.4, 0.5) is 5.82 Å². The second-order valence-corrected chi connectivity index (χ2v) is 8.30. The van der Waals surface area contributed by atoms with E-state index in [9.17, 15) is 4.79 Å². The van der Waals surface area contributed by atoms with E-state index in [1.54, 1.807) is 41.2 Å². The Hall–Kier alpha value is -2.74. The molecule has 6 nitrogen and oxygen atoms in total. The van der Waals surface area contributed by atoms with Crippen LogP contribution in [0.1, 0.15) is 21.9 Å². The highest BCUT2D eigenvalue weighted by Crippen LogP contribution is 2.28. The Bertz CT molecular complexity index is 1220. The zero-order chi connectivity index (χ0) is 21.8. The Morgan fingerprint density at radius 2 is 1.94 bits per heavy atom. The van der Waals surface area contributed by atoms with Crippen molar-refractivity contribution in [1.29, 1.82) is 0 Å². The average Bonchev–Trinajstić information content (AvgIpc) is 3.39. The molecule has 4 aromatic rings. The number of rotatable bonds is 7. The summed E-state index contributed by atoms with van der Waals surface area (Å²) >= 11 is 15.7. The Balaban J connectivity index is 1.35. The van der Waals surface area contributed by atoms with Crippen LogP contribution < -0.4 is 10.1 Å². The predicted molar refractivity (Wildman–Crippen MR) is 123 cm³/mol. The minimum Gasteiger partial charge on any atom is -0.484 e. The molecule has 0 unspecified atom stereocenters. The van der Waals surface area contributed by atoms with Gasteiger partial charge >= 0.3 is 0 Å². The number of nitrogens with zero attached hydrogens (tertiary/aromatic N) is 2. The van der Waals surface area contributed by atoms with Gasteiger partial charge in [0, 0.05) is 21.8 Å². The quantitative estimate of drug-likeness (QED) is 0.305. The highest BCUT2D eigenvalue weighted by Gasteiger charge is 2.14. The number of anilines is 1. The lowest BCUT2D eigenvalue weighted by Crippen LogP contribution is -2.12. The van der Waals surface area contributed by atoms with Crippen molar-refractivity contribution in [3.05, 3.63) is 98.5 Å². The lowest BCUT2D eigenvalue weighted by atomic mass is 10.2. The molecule has 0 aliphatic carbocycles. The predicted octanol–water partition coefficient (Wildman–Crippen LogP) is 6.43. The molecule has 31 heavy (non-hydrogen) atoms. The van der Waals surface area contributed by atoms with Gasteiger partial charge in [0.2, 0.25) is 0 Å². The topological polar surface area (TPSA) is 69.3 Å². The number of amides is 1. The van der Waals surface area contributed by atoms with Crippen LogP contribution in [0.15, 0.2) is 75.8 Å². The van der Waals surface area contributed by atoms with Gasteiger partial charge in [-0.3, -0.25) is 9.48 Å². The Labute approximate surface area is 196 Å². The fourth-order valence-electron chi connectivity index (χ4n) is 2.81. The van der Waals surface area contributed by atoms with E-state index in [1.165, 1.54) is 0 Å². The van der Waals surface area contributed by atoms with E-state index in [2.05, 4.69) is 26.3 Å². The van der Waals surface area contributed by atoms with Crippen LogP contribution in [-0.4, -0.2) is 15.7 Å². The molecule has 0 atom stereocenters. The molecule has 0 spiro atoms. The lowest BCUT2D eigenvalue weighted by molar-refractivity contribution is 0.0992. The first kappa shape index (κ1) is 21.5. The van der Waals surface area contributed by atoms with Crippen LogP contribution in [0.5, 0.6) is 5.75 Å². The van der Waals surface area contributed by atoms with Crippen LogP contribution in [0, 0.1) is 0 Å². The number of aromatic nitrogens is 2. The van der Waals surface area contributed by atoms with E-state index < -0.39 is 5.91 Å². The third-order valence-corrected chi connectivity index (χ3v) is 5.48. The molecule has 0 radical (unpaired) electrons. The molecular weight excluding hydrogens is 505 g/mol. The van der Waals surface area contributed by atoms with E-state index in [-0.39, 0.29) is 12.4 Å². The SMILES string of the molecule is O=C(Nc1ccn(Cc2ccccc2Cl)n1)c1ccc(COc2ccc(Br)cc2Cl)o1. The minimum absolute atomic E-state index is 0.140. The summed E-state index contributed by atoms with van der Waals surface area (Å²) in [6.07, 6.45) is 1.77. The van der Waals surface area contributed by atoms with Crippen LogP contribution >= 0.6 is 39.1 Å². The Kier molecular flexibility index (Phi) is 6.65. The molecule has 9 heteroatoms. The normalized spacial score (nSPS) is 10.8. The highest BCUT2D eigenvalue weighted by atomic mass is 79.9. The van der Waals surface area contributed by atoms with E-state index in [4.69, 9.17) is 32.4 Å². The smallest absolute Gasteiger partial charge is 0.292 e. The van der Waals surface area contributed by atoms with Gasteiger partial charge < -0.3 is 14.5 Å². The van der Waals surface area contributed by atoms with Crippen molar-refractivity contribution >= 4 is 50.9 Å². The molecule has 0 aliphatic rings. The number of carbonyl (C=O) groups is 1. The van der Waals surface area contributed by atoms with Crippen LogP contribution in [0.3, 0.4) is 0 Å². The second-order valence-electron chi connectivity index (χ2n) is 6.57. The zero-order valence-corrected chi connectivity index (χ0v) is 19.1. The van der Waals surface area contributed by atoms with E-state index >= 15 is 0 Å². The molecule has 0 saturated heterocycles. The maximum absolute atomic E-state index is 12.5. The van der Waals surface area contributed by atoms with Gasteiger partial charge in [0.15, 0.2) is 11.6 Å². The summed E-state index contributed by atoms with van der Waals surface area (Å²) in [7, 11) is 0. The number of furan rings is 1. The largest absolute Gasteiger partial charge is 0.484 e. The molecule has 1 amide bonds. The first-order valence-corrected chi connectivity index (χ1v) is 10.8. The summed E-state index contributed by atoms with van der Waals surface area (Å²) in [5.41, 5.74) is 0.937. The van der Waals surface area contributed by atoms with Crippen molar-refractivity contribution in [1.82, 2.24) is 9.78 Å². The van der Waals surface area contributed by atoms with E-state index in [1.807, 2.05) is 30.3 Å². The molecule has 0 saturated carbocycles. The van der Waals surface area contributed by atoms with Crippen molar-refractivity contribution in [2.45, 2.75) is 13.2 Å². The maximum atomic E-state index is 12.5. The van der Waals surface area contributed by atoms with Crippen molar-refractivity contribution in [3.63, 3.8) is 0 Å². The molecule has 0 aliphatic heterocycles. The minimum atomic E-state index is -0.407. The van der Waals surface area contributed by atoms with Crippen molar-refractivity contribution in [2.75, 3.05) is 5.32 Å². The summed E-state index contributed by atoms with van der Waals surface area (Å²) < 4.78 is 13.8. The summed E-state index contributed by atoms with van der Waals surface area (Å²) in [6.45, 7) is 0.636. The van der Waals surface area contributed by atoms with Gasteiger partial charge in [-0.2, -0.15) is 5.10 Å². The molecule has 2 aromatic carbocycles.